The van der Waals surface area contributed by atoms with E-state index in [1.165, 1.54) is 315 Å². The van der Waals surface area contributed by atoms with Crippen molar-refractivity contribution < 1.29 is 28.6 Å². The lowest BCUT2D eigenvalue weighted by Gasteiger charge is -2.18. The predicted molar refractivity (Wildman–Crippen MR) is 330 cm³/mol. The summed E-state index contributed by atoms with van der Waals surface area (Å²) in [6, 6.07) is 0. The van der Waals surface area contributed by atoms with Crippen molar-refractivity contribution in [1.82, 2.24) is 0 Å². The van der Waals surface area contributed by atoms with E-state index < -0.39 is 6.10 Å². The summed E-state index contributed by atoms with van der Waals surface area (Å²) in [7, 11) is 0. The number of hydrogen-bond donors (Lipinski definition) is 0. The topological polar surface area (TPSA) is 78.9 Å². The van der Waals surface area contributed by atoms with Crippen molar-refractivity contribution in [2.45, 2.75) is 419 Å². The Morgan fingerprint density at radius 2 is 0.355 bits per heavy atom. The molecule has 0 saturated heterocycles. The van der Waals surface area contributed by atoms with Crippen LogP contribution in [-0.4, -0.2) is 37.2 Å². The molecule has 0 spiro atoms. The lowest BCUT2D eigenvalue weighted by atomic mass is 10.0. The third-order valence-corrected chi connectivity index (χ3v) is 16.4. The van der Waals surface area contributed by atoms with Crippen LogP contribution in [0.1, 0.15) is 412 Å². The lowest BCUT2D eigenvalue weighted by molar-refractivity contribution is -0.167. The van der Waals surface area contributed by atoms with Crippen molar-refractivity contribution in [2.75, 3.05) is 13.2 Å². The van der Waals surface area contributed by atoms with E-state index in [9.17, 15) is 14.4 Å². The van der Waals surface area contributed by atoms with Crippen LogP contribution in [0.15, 0.2) is 0 Å². The van der Waals surface area contributed by atoms with Gasteiger partial charge in [-0.25, -0.2) is 0 Å². The van der Waals surface area contributed by atoms with Gasteiger partial charge in [0.25, 0.3) is 0 Å². The van der Waals surface area contributed by atoms with Crippen molar-refractivity contribution in [3.63, 3.8) is 0 Å². The summed E-state index contributed by atoms with van der Waals surface area (Å²) < 4.78 is 16.8. The Labute approximate surface area is 476 Å². The fourth-order valence-electron chi connectivity index (χ4n) is 11.1. The van der Waals surface area contributed by atoms with Gasteiger partial charge in [0.05, 0.1) is 0 Å². The van der Waals surface area contributed by atoms with Crippen LogP contribution in [0.5, 0.6) is 0 Å². The van der Waals surface area contributed by atoms with Crippen molar-refractivity contribution in [3.05, 3.63) is 0 Å². The van der Waals surface area contributed by atoms with Gasteiger partial charge in [0, 0.05) is 19.3 Å². The zero-order chi connectivity index (χ0) is 55.0. The average Bonchev–Trinajstić information content (AvgIpc) is 3.42. The van der Waals surface area contributed by atoms with E-state index in [2.05, 4.69) is 20.8 Å². The molecule has 452 valence electrons. The highest BCUT2D eigenvalue weighted by molar-refractivity contribution is 5.71. The summed E-state index contributed by atoms with van der Waals surface area (Å²) in [5.41, 5.74) is 0. The molecule has 1 atom stereocenters. The Balaban J connectivity index is 3.84. The van der Waals surface area contributed by atoms with Gasteiger partial charge in [0.1, 0.15) is 13.2 Å². The summed E-state index contributed by atoms with van der Waals surface area (Å²) in [6.45, 7) is 6.66. The zero-order valence-corrected chi connectivity index (χ0v) is 52.1. The quantitative estimate of drug-likeness (QED) is 0.0343. The van der Waals surface area contributed by atoms with Crippen LogP contribution in [0.25, 0.3) is 0 Å². The standard InChI is InChI=1S/C70H136O6/c1-4-7-10-13-16-18-20-22-24-26-27-28-29-30-31-32-33-34-35-36-37-38-39-40-41-42-43-45-46-48-50-52-54-57-60-63-69(72)75-66-67(65-74-68(71)62-59-56-15-12-9-6-3)76-70(73)64-61-58-55-53-51-49-47-44-25-23-21-19-17-14-11-8-5-2/h67H,4-66H2,1-3H3. The number of esters is 3. The highest BCUT2D eigenvalue weighted by atomic mass is 16.6. The minimum atomic E-state index is -0.760. The van der Waals surface area contributed by atoms with Gasteiger partial charge in [-0.15, -0.1) is 0 Å². The van der Waals surface area contributed by atoms with Crippen LogP contribution in [0.4, 0.5) is 0 Å². The number of carbonyl (C=O) groups excluding carboxylic acids is 3. The molecule has 0 aliphatic rings. The number of carbonyl (C=O) groups is 3. The van der Waals surface area contributed by atoms with E-state index in [-0.39, 0.29) is 31.1 Å². The van der Waals surface area contributed by atoms with Gasteiger partial charge >= 0.3 is 17.9 Å². The molecular formula is C70H136O6. The molecule has 0 rings (SSSR count). The molecule has 0 fully saturated rings. The van der Waals surface area contributed by atoms with E-state index in [1.807, 2.05) is 0 Å². The van der Waals surface area contributed by atoms with E-state index in [4.69, 9.17) is 14.2 Å². The average molecular weight is 1070 g/mol. The van der Waals surface area contributed by atoms with E-state index in [0.29, 0.717) is 19.3 Å². The smallest absolute Gasteiger partial charge is 0.306 e. The van der Waals surface area contributed by atoms with Gasteiger partial charge in [-0.3, -0.25) is 14.4 Å². The van der Waals surface area contributed by atoms with Crippen molar-refractivity contribution in [2.24, 2.45) is 0 Å². The van der Waals surface area contributed by atoms with Gasteiger partial charge < -0.3 is 14.2 Å². The van der Waals surface area contributed by atoms with Gasteiger partial charge in [0.2, 0.25) is 0 Å². The SMILES string of the molecule is CCCCCCCCCCCCCCCCCCCCCCCCCCCCCCCCCCCCCC(=O)OCC(COC(=O)CCCCCCCC)OC(=O)CCCCCCCCCCCCCCCCCCC. The summed E-state index contributed by atoms with van der Waals surface area (Å²) >= 11 is 0. The fraction of sp³-hybridized carbons (Fsp3) is 0.957. The molecule has 0 N–H and O–H groups in total. The molecule has 0 heterocycles. The Morgan fingerprint density at radius 3 is 0.526 bits per heavy atom. The molecule has 6 nitrogen and oxygen atoms in total. The van der Waals surface area contributed by atoms with Crippen molar-refractivity contribution >= 4 is 17.9 Å². The first-order valence-electron chi connectivity index (χ1n) is 35.0. The predicted octanol–water partition coefficient (Wildman–Crippen LogP) is 23.8. The first-order valence-corrected chi connectivity index (χ1v) is 35.0. The highest BCUT2D eigenvalue weighted by Crippen LogP contribution is 2.19. The Morgan fingerprint density at radius 1 is 0.211 bits per heavy atom. The molecule has 0 aromatic carbocycles. The van der Waals surface area contributed by atoms with Crippen LogP contribution < -0.4 is 0 Å². The molecule has 6 heteroatoms. The second kappa shape index (κ2) is 65.9. The number of unbranched alkanes of at least 4 members (excludes halogenated alkanes) is 55. The van der Waals surface area contributed by atoms with E-state index in [1.54, 1.807) is 0 Å². The minimum Gasteiger partial charge on any atom is -0.462 e. The Bertz CT molecular complexity index is 1140. The molecular weight excluding hydrogens is 937 g/mol. The third kappa shape index (κ3) is 63.2. The second-order valence-electron chi connectivity index (χ2n) is 24.2. The zero-order valence-electron chi connectivity index (χ0n) is 52.1. The Kier molecular flexibility index (Phi) is 64.5. The van der Waals surface area contributed by atoms with Crippen LogP contribution >= 0.6 is 0 Å². The number of hydrogen-bond acceptors (Lipinski definition) is 6. The molecule has 0 bridgehead atoms. The van der Waals surface area contributed by atoms with Gasteiger partial charge in [0.15, 0.2) is 6.10 Å². The molecule has 0 amide bonds. The highest BCUT2D eigenvalue weighted by Gasteiger charge is 2.19. The van der Waals surface area contributed by atoms with Crippen LogP contribution in [0, 0.1) is 0 Å². The number of rotatable bonds is 66. The van der Waals surface area contributed by atoms with Crippen molar-refractivity contribution in [1.29, 1.82) is 0 Å². The lowest BCUT2D eigenvalue weighted by Crippen LogP contribution is -2.30. The first-order chi connectivity index (χ1) is 37.5. The maximum Gasteiger partial charge on any atom is 0.306 e. The molecule has 0 aromatic rings. The molecule has 76 heavy (non-hydrogen) atoms. The summed E-state index contributed by atoms with van der Waals surface area (Å²) in [4.78, 5) is 38.0. The van der Waals surface area contributed by atoms with Gasteiger partial charge in [-0.05, 0) is 19.3 Å². The first kappa shape index (κ1) is 74.4. The minimum absolute atomic E-state index is 0.0619. The fourth-order valence-corrected chi connectivity index (χ4v) is 11.1. The number of ether oxygens (including phenoxy) is 3. The summed E-state index contributed by atoms with van der Waals surface area (Å²) in [5, 5.41) is 0. The van der Waals surface area contributed by atoms with Crippen molar-refractivity contribution in [3.8, 4) is 0 Å². The molecule has 0 saturated carbocycles. The summed E-state index contributed by atoms with van der Waals surface area (Å²) in [6.07, 6.45) is 77.7. The van der Waals surface area contributed by atoms with Gasteiger partial charge in [-0.2, -0.15) is 0 Å². The summed E-state index contributed by atoms with van der Waals surface area (Å²) in [5.74, 6) is -0.841. The van der Waals surface area contributed by atoms with Crippen LogP contribution in [0.2, 0.25) is 0 Å². The second-order valence-corrected chi connectivity index (χ2v) is 24.2. The monoisotopic (exact) mass is 1070 g/mol. The van der Waals surface area contributed by atoms with Crippen LogP contribution in [0.3, 0.4) is 0 Å². The third-order valence-electron chi connectivity index (χ3n) is 16.4. The molecule has 0 radical (unpaired) electrons. The van der Waals surface area contributed by atoms with E-state index >= 15 is 0 Å². The normalized spacial score (nSPS) is 11.9. The molecule has 1 unspecified atom stereocenters. The van der Waals surface area contributed by atoms with E-state index in [0.717, 1.165) is 57.8 Å². The van der Waals surface area contributed by atoms with Crippen LogP contribution in [-0.2, 0) is 28.6 Å². The molecule has 0 aromatic heterocycles. The molecule has 0 aliphatic carbocycles. The van der Waals surface area contributed by atoms with Gasteiger partial charge in [-0.1, -0.05) is 374 Å². The maximum absolute atomic E-state index is 12.8. The molecule has 0 aliphatic heterocycles. The Hall–Kier alpha value is -1.59. The maximum atomic E-state index is 12.8. The largest absolute Gasteiger partial charge is 0.462 e.